The molecule has 5 heterocycles. The molecule has 162 valence electrons. The second-order valence-corrected chi connectivity index (χ2v) is 7.68. The summed E-state index contributed by atoms with van der Waals surface area (Å²) in [4.78, 5) is 24.3. The van der Waals surface area contributed by atoms with Gasteiger partial charge in [-0.15, -0.1) is 6.42 Å². The van der Waals surface area contributed by atoms with Crippen molar-refractivity contribution in [2.45, 2.75) is 6.92 Å². The van der Waals surface area contributed by atoms with Gasteiger partial charge in [0, 0.05) is 62.2 Å². The normalized spacial score (nSPS) is 13.7. The van der Waals surface area contributed by atoms with Gasteiger partial charge >= 0.3 is 0 Å². The van der Waals surface area contributed by atoms with Crippen LogP contribution < -0.4 is 4.90 Å². The average Bonchev–Trinajstić information content (AvgIpc) is 3.49. The van der Waals surface area contributed by atoms with Crippen molar-refractivity contribution in [3.8, 4) is 40.9 Å². The van der Waals surface area contributed by atoms with Crippen LogP contribution >= 0.6 is 0 Å². The zero-order valence-corrected chi connectivity index (χ0v) is 17.9. The summed E-state index contributed by atoms with van der Waals surface area (Å²) in [5.74, 6) is 3.89. The van der Waals surface area contributed by atoms with Gasteiger partial charge in [0.15, 0.2) is 11.7 Å². The van der Waals surface area contributed by atoms with Crippen molar-refractivity contribution in [3.05, 3.63) is 54.4 Å². The molecule has 0 N–H and O–H groups in total. The van der Waals surface area contributed by atoms with Crippen molar-refractivity contribution in [3.63, 3.8) is 0 Å². The highest BCUT2D eigenvalue weighted by molar-refractivity contribution is 5.93. The van der Waals surface area contributed by atoms with E-state index in [1.54, 1.807) is 34.9 Å². The number of nitriles is 1. The maximum atomic E-state index is 11.7. The Morgan fingerprint density at radius 2 is 1.94 bits per heavy atom. The van der Waals surface area contributed by atoms with Gasteiger partial charge in [0.1, 0.15) is 11.9 Å². The lowest BCUT2D eigenvalue weighted by Crippen LogP contribution is -2.48. The molecule has 0 spiro atoms. The van der Waals surface area contributed by atoms with Crippen LogP contribution in [-0.4, -0.2) is 56.6 Å². The summed E-state index contributed by atoms with van der Waals surface area (Å²) in [5, 5.41) is 13.9. The molecule has 0 saturated carbocycles. The standard InChI is InChI=1S/C24H19N7O2/c1-3-23(32)30-8-6-29(7-9-30)22-5-4-17(12-27-22)20-10-18(21-14-26-16(2)33-21)15-31-24(20)19(11-25)13-28-31/h1,4-5,10,12-15H,6-9H2,2H3. The largest absolute Gasteiger partial charge is 0.441 e. The molecule has 5 rings (SSSR count). The number of carbonyl (C=O) groups is 1. The Kier molecular flexibility index (Phi) is 5.00. The summed E-state index contributed by atoms with van der Waals surface area (Å²) in [5.41, 5.74) is 3.64. The van der Waals surface area contributed by atoms with Crippen molar-refractivity contribution < 1.29 is 9.21 Å². The van der Waals surface area contributed by atoms with E-state index in [4.69, 9.17) is 10.8 Å². The monoisotopic (exact) mass is 437 g/mol. The van der Waals surface area contributed by atoms with Gasteiger partial charge in [-0.1, -0.05) is 0 Å². The first-order valence-corrected chi connectivity index (χ1v) is 10.4. The molecule has 9 nitrogen and oxygen atoms in total. The third-order valence-corrected chi connectivity index (χ3v) is 5.71. The van der Waals surface area contributed by atoms with Crippen LogP contribution in [0.4, 0.5) is 5.82 Å². The highest BCUT2D eigenvalue weighted by atomic mass is 16.4. The topological polar surface area (TPSA) is 104 Å². The second-order valence-electron chi connectivity index (χ2n) is 7.68. The minimum Gasteiger partial charge on any atom is -0.441 e. The lowest BCUT2D eigenvalue weighted by atomic mass is 10.0. The van der Waals surface area contributed by atoms with Crippen LogP contribution in [0, 0.1) is 30.6 Å². The van der Waals surface area contributed by atoms with E-state index in [1.807, 2.05) is 24.4 Å². The van der Waals surface area contributed by atoms with Gasteiger partial charge in [-0.3, -0.25) is 4.79 Å². The van der Waals surface area contributed by atoms with Crippen molar-refractivity contribution in [2.75, 3.05) is 31.1 Å². The molecule has 1 amide bonds. The SMILES string of the molecule is C#CC(=O)N1CCN(c2ccc(-c3cc(-c4cnc(C)o4)cn4ncc(C#N)c34)cn2)CC1. The average molecular weight is 437 g/mol. The summed E-state index contributed by atoms with van der Waals surface area (Å²) in [6.07, 6.45) is 12.0. The summed E-state index contributed by atoms with van der Waals surface area (Å²) in [6, 6.07) is 8.08. The van der Waals surface area contributed by atoms with Crippen molar-refractivity contribution in [1.29, 1.82) is 5.26 Å². The number of anilines is 1. The van der Waals surface area contributed by atoms with E-state index in [-0.39, 0.29) is 5.91 Å². The van der Waals surface area contributed by atoms with Crippen LogP contribution in [0.25, 0.3) is 28.0 Å². The summed E-state index contributed by atoms with van der Waals surface area (Å²) < 4.78 is 7.37. The Labute approximate surface area is 189 Å². The molecule has 1 aliphatic rings. The molecule has 0 aliphatic carbocycles. The Morgan fingerprint density at radius 1 is 1.12 bits per heavy atom. The summed E-state index contributed by atoms with van der Waals surface area (Å²) in [6.45, 7) is 4.23. The smallest absolute Gasteiger partial charge is 0.298 e. The maximum absolute atomic E-state index is 11.7. The molecule has 9 heteroatoms. The van der Waals surface area contributed by atoms with Crippen molar-refractivity contribution >= 4 is 17.2 Å². The summed E-state index contributed by atoms with van der Waals surface area (Å²) in [7, 11) is 0. The minimum atomic E-state index is -0.280. The Morgan fingerprint density at radius 3 is 2.58 bits per heavy atom. The van der Waals surface area contributed by atoms with Gasteiger partial charge < -0.3 is 14.2 Å². The van der Waals surface area contributed by atoms with Gasteiger partial charge in [0.05, 0.1) is 23.5 Å². The minimum absolute atomic E-state index is 0.280. The third kappa shape index (κ3) is 3.66. The van der Waals surface area contributed by atoms with Crippen LogP contribution in [0.15, 0.2) is 47.4 Å². The third-order valence-electron chi connectivity index (χ3n) is 5.71. The molecule has 0 aromatic carbocycles. The predicted molar refractivity (Wildman–Crippen MR) is 121 cm³/mol. The van der Waals surface area contributed by atoms with Crippen molar-refractivity contribution in [1.82, 2.24) is 24.5 Å². The van der Waals surface area contributed by atoms with Gasteiger partial charge in [-0.2, -0.15) is 10.4 Å². The van der Waals surface area contributed by atoms with E-state index in [1.165, 1.54) is 0 Å². The number of carbonyl (C=O) groups excluding carboxylic acids is 1. The summed E-state index contributed by atoms with van der Waals surface area (Å²) >= 11 is 0. The van der Waals surface area contributed by atoms with Gasteiger partial charge in [-0.25, -0.2) is 14.5 Å². The number of nitrogens with zero attached hydrogens (tertiary/aromatic N) is 7. The van der Waals surface area contributed by atoms with Crippen LogP contribution in [0.2, 0.25) is 0 Å². The van der Waals surface area contributed by atoms with Crippen LogP contribution in [-0.2, 0) is 4.79 Å². The molecular formula is C24H19N7O2. The molecule has 1 aliphatic heterocycles. The highest BCUT2D eigenvalue weighted by Gasteiger charge is 2.21. The fraction of sp³-hybridized carbons (Fsp3) is 0.208. The fourth-order valence-corrected chi connectivity index (χ4v) is 4.02. The number of piperazine rings is 1. The van der Waals surface area contributed by atoms with Crippen molar-refractivity contribution in [2.24, 2.45) is 0 Å². The number of hydrogen-bond donors (Lipinski definition) is 0. The molecule has 0 unspecified atom stereocenters. The lowest BCUT2D eigenvalue weighted by Gasteiger charge is -2.34. The number of oxazole rings is 1. The molecule has 4 aromatic heterocycles. The molecule has 0 atom stereocenters. The van der Waals surface area contributed by atoms with Crippen LogP contribution in [0.1, 0.15) is 11.5 Å². The number of fused-ring (bicyclic) bond motifs is 1. The highest BCUT2D eigenvalue weighted by Crippen LogP contribution is 2.32. The Hall–Kier alpha value is -4.63. The molecule has 0 radical (unpaired) electrons. The van der Waals surface area contributed by atoms with E-state index in [0.29, 0.717) is 48.9 Å². The van der Waals surface area contributed by atoms with Gasteiger partial charge in [0.2, 0.25) is 0 Å². The van der Waals surface area contributed by atoms with Crippen LogP contribution in [0.3, 0.4) is 0 Å². The number of terminal acetylenes is 1. The van der Waals surface area contributed by atoms with E-state index >= 15 is 0 Å². The second kappa shape index (κ2) is 8.13. The first-order valence-electron chi connectivity index (χ1n) is 10.4. The van der Waals surface area contributed by atoms with E-state index in [2.05, 4.69) is 32.0 Å². The maximum Gasteiger partial charge on any atom is 0.298 e. The van der Waals surface area contributed by atoms with E-state index in [0.717, 1.165) is 22.5 Å². The number of hydrogen-bond acceptors (Lipinski definition) is 7. The van der Waals surface area contributed by atoms with Gasteiger partial charge in [0.25, 0.3) is 5.91 Å². The van der Waals surface area contributed by atoms with E-state index in [9.17, 15) is 10.1 Å². The molecule has 0 bridgehead atoms. The zero-order valence-electron chi connectivity index (χ0n) is 17.9. The zero-order chi connectivity index (χ0) is 22.9. The predicted octanol–water partition coefficient (Wildman–Crippen LogP) is 2.51. The Bertz CT molecular complexity index is 1430. The molecule has 1 fully saturated rings. The first kappa shape index (κ1) is 20.3. The number of pyridine rings is 2. The molecular weight excluding hydrogens is 418 g/mol. The van der Waals surface area contributed by atoms with Gasteiger partial charge in [-0.05, 0) is 24.1 Å². The molecule has 33 heavy (non-hydrogen) atoms. The number of amides is 1. The van der Waals surface area contributed by atoms with E-state index < -0.39 is 0 Å². The number of rotatable bonds is 3. The Balaban J connectivity index is 1.49. The fourth-order valence-electron chi connectivity index (χ4n) is 4.02. The van der Waals surface area contributed by atoms with Crippen LogP contribution in [0.5, 0.6) is 0 Å². The molecule has 4 aromatic rings. The number of aromatic nitrogens is 4. The molecule has 1 saturated heterocycles. The number of aryl methyl sites for hydroxylation is 1. The quantitative estimate of drug-likeness (QED) is 0.454. The first-order chi connectivity index (χ1) is 16.1. The lowest BCUT2D eigenvalue weighted by molar-refractivity contribution is -0.125.